The SMILES string of the molecule is CC(C)C1=C(S(=O)(=O)c2ccccc2)NN(C(C)C)N1C(C)C. The van der Waals surface area contributed by atoms with E-state index in [0.29, 0.717) is 9.92 Å². The van der Waals surface area contributed by atoms with Crippen LogP contribution < -0.4 is 5.43 Å². The van der Waals surface area contributed by atoms with E-state index in [4.69, 9.17) is 0 Å². The molecule has 0 unspecified atom stereocenters. The Hall–Kier alpha value is -1.53. The maximum atomic E-state index is 13.1. The van der Waals surface area contributed by atoms with Gasteiger partial charge in [-0.3, -0.25) is 10.4 Å². The molecule has 0 saturated heterocycles. The second-order valence-corrected chi connectivity index (χ2v) is 8.56. The van der Waals surface area contributed by atoms with Crippen LogP contribution in [0.1, 0.15) is 41.5 Å². The molecule has 1 heterocycles. The Balaban J connectivity index is 2.62. The molecule has 0 spiro atoms. The van der Waals surface area contributed by atoms with Crippen molar-refractivity contribution in [2.75, 3.05) is 0 Å². The minimum atomic E-state index is -3.58. The van der Waals surface area contributed by atoms with Crippen molar-refractivity contribution in [2.24, 2.45) is 5.92 Å². The molecule has 5 nitrogen and oxygen atoms in total. The molecule has 0 amide bonds. The number of hydrazine groups is 2. The zero-order valence-corrected chi connectivity index (χ0v) is 15.6. The zero-order valence-electron chi connectivity index (χ0n) is 14.7. The van der Waals surface area contributed by atoms with Crippen LogP contribution in [-0.4, -0.2) is 30.6 Å². The first-order valence-electron chi connectivity index (χ1n) is 8.07. The van der Waals surface area contributed by atoms with E-state index in [1.54, 1.807) is 24.3 Å². The van der Waals surface area contributed by atoms with Gasteiger partial charge >= 0.3 is 0 Å². The lowest BCUT2D eigenvalue weighted by Gasteiger charge is -2.37. The Labute approximate surface area is 139 Å². The number of hydrogen-bond donors (Lipinski definition) is 1. The Morgan fingerprint density at radius 2 is 1.48 bits per heavy atom. The van der Waals surface area contributed by atoms with Crippen LogP contribution in [0.25, 0.3) is 0 Å². The van der Waals surface area contributed by atoms with Gasteiger partial charge in [0.15, 0.2) is 5.03 Å². The van der Waals surface area contributed by atoms with E-state index in [1.807, 2.05) is 38.9 Å². The van der Waals surface area contributed by atoms with Gasteiger partial charge in [-0.15, -0.1) is 5.12 Å². The van der Waals surface area contributed by atoms with Gasteiger partial charge < -0.3 is 0 Å². The van der Waals surface area contributed by atoms with Crippen molar-refractivity contribution in [3.8, 4) is 0 Å². The largest absolute Gasteiger partial charge is 0.289 e. The summed E-state index contributed by atoms with van der Waals surface area (Å²) in [5.74, 6) is 0.0853. The van der Waals surface area contributed by atoms with Crippen molar-refractivity contribution in [3.63, 3.8) is 0 Å². The van der Waals surface area contributed by atoms with Crippen LogP contribution in [-0.2, 0) is 9.84 Å². The molecule has 1 aromatic rings. The number of benzene rings is 1. The van der Waals surface area contributed by atoms with Crippen molar-refractivity contribution in [1.29, 1.82) is 0 Å². The smallest absolute Gasteiger partial charge is 0.224 e. The average molecular weight is 337 g/mol. The van der Waals surface area contributed by atoms with Crippen LogP contribution >= 0.6 is 0 Å². The van der Waals surface area contributed by atoms with Gasteiger partial charge in [0.2, 0.25) is 9.84 Å². The first kappa shape index (κ1) is 17.8. The van der Waals surface area contributed by atoms with E-state index in [-0.39, 0.29) is 18.0 Å². The van der Waals surface area contributed by atoms with Crippen molar-refractivity contribution >= 4 is 9.84 Å². The van der Waals surface area contributed by atoms with Crippen LogP contribution in [0.5, 0.6) is 0 Å². The standard InChI is InChI=1S/C17H27N3O2S/c1-12(2)16-17(18-20(14(5)6)19(16)13(3)4)23(21,22)15-10-8-7-9-11-15/h7-14,18H,1-6H3. The third-order valence-corrected chi connectivity index (χ3v) is 5.51. The molecular formula is C17H27N3O2S. The average Bonchev–Trinajstić information content (AvgIpc) is 2.90. The summed E-state index contributed by atoms with van der Waals surface area (Å²) in [4.78, 5) is 0.315. The molecule has 1 N–H and O–H groups in total. The van der Waals surface area contributed by atoms with Crippen molar-refractivity contribution < 1.29 is 8.42 Å². The van der Waals surface area contributed by atoms with Crippen LogP contribution in [0, 0.1) is 5.92 Å². The highest BCUT2D eigenvalue weighted by Crippen LogP contribution is 2.34. The number of rotatable bonds is 5. The second-order valence-electron chi connectivity index (χ2n) is 6.67. The van der Waals surface area contributed by atoms with Crippen LogP contribution in [0.2, 0.25) is 0 Å². The highest BCUT2D eigenvalue weighted by Gasteiger charge is 2.40. The molecule has 1 aliphatic heterocycles. The molecular weight excluding hydrogens is 310 g/mol. The Morgan fingerprint density at radius 1 is 0.913 bits per heavy atom. The van der Waals surface area contributed by atoms with Crippen LogP contribution in [0.15, 0.2) is 46.0 Å². The van der Waals surface area contributed by atoms with E-state index in [9.17, 15) is 8.42 Å². The lowest BCUT2D eigenvalue weighted by Crippen LogP contribution is -2.51. The van der Waals surface area contributed by atoms with Crippen molar-refractivity contribution in [2.45, 2.75) is 58.5 Å². The summed E-state index contributed by atoms with van der Waals surface area (Å²) in [7, 11) is -3.58. The third kappa shape index (κ3) is 3.23. The maximum absolute atomic E-state index is 13.1. The van der Waals surface area contributed by atoms with E-state index >= 15 is 0 Å². The summed E-state index contributed by atoms with van der Waals surface area (Å²) in [5.41, 5.74) is 3.96. The minimum Gasteiger partial charge on any atom is -0.289 e. The van der Waals surface area contributed by atoms with Gasteiger partial charge in [-0.1, -0.05) is 32.0 Å². The molecule has 6 heteroatoms. The number of nitrogens with zero attached hydrogens (tertiary/aromatic N) is 2. The molecule has 0 bridgehead atoms. The lowest BCUT2D eigenvalue weighted by molar-refractivity contribution is -0.0596. The summed E-state index contributed by atoms with van der Waals surface area (Å²) in [6, 6.07) is 8.88. The zero-order chi connectivity index (χ0) is 17.4. The van der Waals surface area contributed by atoms with E-state index in [0.717, 1.165) is 5.70 Å². The summed E-state index contributed by atoms with van der Waals surface area (Å²) < 4.78 is 26.2. The van der Waals surface area contributed by atoms with Crippen molar-refractivity contribution in [1.82, 2.24) is 15.6 Å². The summed E-state index contributed by atoms with van der Waals surface area (Å²) in [5, 5.41) is 4.27. The summed E-state index contributed by atoms with van der Waals surface area (Å²) >= 11 is 0. The Morgan fingerprint density at radius 3 is 1.91 bits per heavy atom. The Kier molecular flexibility index (Phi) is 5.06. The van der Waals surface area contributed by atoms with Gasteiger partial charge in [0, 0.05) is 12.1 Å². The van der Waals surface area contributed by atoms with E-state index in [1.165, 1.54) is 0 Å². The molecule has 0 aliphatic carbocycles. The molecule has 0 fully saturated rings. The highest BCUT2D eigenvalue weighted by molar-refractivity contribution is 7.95. The predicted molar refractivity (Wildman–Crippen MR) is 92.6 cm³/mol. The quantitative estimate of drug-likeness (QED) is 0.894. The van der Waals surface area contributed by atoms with Gasteiger partial charge in [0.05, 0.1) is 10.6 Å². The first-order valence-corrected chi connectivity index (χ1v) is 9.55. The maximum Gasteiger partial charge on any atom is 0.224 e. The molecule has 1 aromatic carbocycles. The summed E-state index contributed by atoms with van der Waals surface area (Å²) in [6.45, 7) is 12.3. The Bertz CT molecular complexity index is 679. The molecule has 23 heavy (non-hydrogen) atoms. The fourth-order valence-electron chi connectivity index (χ4n) is 2.78. The van der Waals surface area contributed by atoms with Crippen molar-refractivity contribution in [3.05, 3.63) is 41.1 Å². The van der Waals surface area contributed by atoms with Crippen LogP contribution in [0.3, 0.4) is 0 Å². The van der Waals surface area contributed by atoms with Gasteiger partial charge in [-0.05, 0) is 45.7 Å². The predicted octanol–water partition coefficient (Wildman–Crippen LogP) is 3.14. The molecule has 0 atom stereocenters. The fraction of sp³-hybridized carbons (Fsp3) is 0.529. The van der Waals surface area contributed by atoms with Gasteiger partial charge in [0.1, 0.15) is 0 Å². The molecule has 0 aromatic heterocycles. The van der Waals surface area contributed by atoms with E-state index in [2.05, 4.69) is 24.3 Å². The van der Waals surface area contributed by atoms with Gasteiger partial charge in [0.25, 0.3) is 0 Å². The third-order valence-electron chi connectivity index (χ3n) is 3.78. The van der Waals surface area contributed by atoms with E-state index < -0.39 is 9.84 Å². The number of sulfone groups is 1. The second kappa shape index (κ2) is 6.53. The molecule has 1 aliphatic rings. The van der Waals surface area contributed by atoms with Crippen LogP contribution in [0.4, 0.5) is 0 Å². The number of allylic oxidation sites excluding steroid dienone is 1. The van der Waals surface area contributed by atoms with Gasteiger partial charge in [-0.25, -0.2) is 8.42 Å². The van der Waals surface area contributed by atoms with Gasteiger partial charge in [-0.2, -0.15) is 0 Å². The first-order chi connectivity index (χ1) is 10.7. The highest BCUT2D eigenvalue weighted by atomic mass is 32.2. The number of hydrogen-bond acceptors (Lipinski definition) is 5. The molecule has 128 valence electrons. The lowest BCUT2D eigenvalue weighted by atomic mass is 10.1. The topological polar surface area (TPSA) is 52.7 Å². The number of nitrogens with one attached hydrogen (secondary N) is 1. The molecule has 0 radical (unpaired) electrons. The molecule has 2 rings (SSSR count). The molecule has 0 saturated carbocycles. The monoisotopic (exact) mass is 337 g/mol. The fourth-order valence-corrected chi connectivity index (χ4v) is 4.35. The summed E-state index contributed by atoms with van der Waals surface area (Å²) in [6.07, 6.45) is 0. The normalized spacial score (nSPS) is 16.8. The minimum absolute atomic E-state index is 0.0853.